The predicted octanol–water partition coefficient (Wildman–Crippen LogP) is 3.08. The van der Waals surface area contributed by atoms with Crippen LogP contribution in [0.25, 0.3) is 0 Å². The summed E-state index contributed by atoms with van der Waals surface area (Å²) in [6.07, 6.45) is 1.71. The third-order valence-electron chi connectivity index (χ3n) is 4.29. The van der Waals surface area contributed by atoms with E-state index in [-0.39, 0.29) is 11.9 Å². The van der Waals surface area contributed by atoms with Crippen LogP contribution in [0.1, 0.15) is 22.3 Å². The average molecular weight is 279 g/mol. The van der Waals surface area contributed by atoms with Gasteiger partial charge in [0.05, 0.1) is 6.54 Å². The molecule has 21 heavy (non-hydrogen) atoms. The number of ether oxygens (including phenoxy) is 1. The molecule has 1 atom stereocenters. The van der Waals surface area contributed by atoms with Gasteiger partial charge in [-0.15, -0.1) is 0 Å². The van der Waals surface area contributed by atoms with Crippen LogP contribution in [0, 0.1) is 0 Å². The number of rotatable bonds is 2. The van der Waals surface area contributed by atoms with Crippen LogP contribution in [0.4, 0.5) is 5.69 Å². The lowest BCUT2D eigenvalue weighted by atomic mass is 9.99. The molecule has 2 aromatic carbocycles. The molecule has 0 fully saturated rings. The van der Waals surface area contributed by atoms with E-state index in [1.807, 2.05) is 36.4 Å². The minimum atomic E-state index is 0.170. The third-order valence-corrected chi connectivity index (χ3v) is 4.29. The second-order valence-corrected chi connectivity index (χ2v) is 5.69. The summed E-state index contributed by atoms with van der Waals surface area (Å²) >= 11 is 0. The first kappa shape index (κ1) is 12.5. The second-order valence-electron chi connectivity index (χ2n) is 5.69. The normalized spacial score (nSPS) is 19.9. The zero-order valence-corrected chi connectivity index (χ0v) is 11.8. The number of Topliss-reactive ketones (excluding diaryl/α,β-unsaturated/α-hetero) is 1. The molecule has 2 aliphatic rings. The van der Waals surface area contributed by atoms with Crippen molar-refractivity contribution in [2.45, 2.75) is 18.9 Å². The largest absolute Gasteiger partial charge is 0.488 e. The van der Waals surface area contributed by atoms with Gasteiger partial charge in [0.25, 0.3) is 0 Å². The number of benzene rings is 2. The smallest absolute Gasteiger partial charge is 0.166 e. The van der Waals surface area contributed by atoms with Crippen molar-refractivity contribution in [1.82, 2.24) is 0 Å². The molecule has 2 heterocycles. The summed E-state index contributed by atoms with van der Waals surface area (Å²) in [5.41, 5.74) is 3.18. The zero-order valence-electron chi connectivity index (χ0n) is 11.8. The first-order valence-corrected chi connectivity index (χ1v) is 7.43. The van der Waals surface area contributed by atoms with Crippen LogP contribution in [-0.2, 0) is 6.42 Å². The zero-order chi connectivity index (χ0) is 14.2. The molecular formula is C18H17NO2. The fraction of sp³-hybridized carbons (Fsp3) is 0.278. The van der Waals surface area contributed by atoms with Gasteiger partial charge < -0.3 is 9.64 Å². The molecule has 0 amide bonds. The number of hydrogen-bond donors (Lipinski definition) is 0. The highest BCUT2D eigenvalue weighted by Gasteiger charge is 2.28. The van der Waals surface area contributed by atoms with Crippen molar-refractivity contribution in [2.24, 2.45) is 0 Å². The van der Waals surface area contributed by atoms with E-state index in [4.69, 9.17) is 4.74 Å². The Hall–Kier alpha value is -2.29. The maximum absolute atomic E-state index is 12.0. The number of nitrogens with zero attached hydrogens (tertiary/aromatic N) is 1. The molecule has 0 N–H and O–H groups in total. The van der Waals surface area contributed by atoms with Gasteiger partial charge in [-0.05, 0) is 23.8 Å². The standard InChI is InChI=1S/C18H17NO2/c20-17-9-10-19(16-7-3-2-6-15(16)17)12-14-11-13-5-1-4-8-18(13)21-14/h1-8,14H,9-12H2. The quantitative estimate of drug-likeness (QED) is 0.846. The van der Waals surface area contributed by atoms with Crippen molar-refractivity contribution < 1.29 is 9.53 Å². The molecule has 0 radical (unpaired) electrons. The molecule has 0 spiro atoms. The first-order valence-electron chi connectivity index (χ1n) is 7.43. The SMILES string of the molecule is O=C1CCN(CC2Cc3ccccc3O2)c2ccccc21. The van der Waals surface area contributed by atoms with E-state index >= 15 is 0 Å². The van der Waals surface area contributed by atoms with E-state index in [1.54, 1.807) is 0 Å². The maximum Gasteiger partial charge on any atom is 0.166 e. The fourth-order valence-electron chi connectivity index (χ4n) is 3.27. The molecule has 3 nitrogen and oxygen atoms in total. The first-order chi connectivity index (χ1) is 10.3. The van der Waals surface area contributed by atoms with E-state index < -0.39 is 0 Å². The molecule has 0 bridgehead atoms. The van der Waals surface area contributed by atoms with Crippen LogP contribution in [0.5, 0.6) is 5.75 Å². The minimum Gasteiger partial charge on any atom is -0.488 e. The lowest BCUT2D eigenvalue weighted by Crippen LogP contribution is -2.39. The summed E-state index contributed by atoms with van der Waals surface area (Å²) in [4.78, 5) is 14.3. The lowest BCUT2D eigenvalue weighted by Gasteiger charge is -2.32. The molecular weight excluding hydrogens is 262 g/mol. The molecule has 2 aromatic rings. The predicted molar refractivity (Wildman–Crippen MR) is 82.2 cm³/mol. The Kier molecular flexibility index (Phi) is 2.92. The second kappa shape index (κ2) is 4.92. The Bertz CT molecular complexity index is 670. The average Bonchev–Trinajstić information content (AvgIpc) is 2.93. The van der Waals surface area contributed by atoms with Gasteiger partial charge in [0.1, 0.15) is 11.9 Å². The van der Waals surface area contributed by atoms with E-state index in [1.165, 1.54) is 5.56 Å². The van der Waals surface area contributed by atoms with Gasteiger partial charge in [-0.3, -0.25) is 4.79 Å². The van der Waals surface area contributed by atoms with Gasteiger partial charge in [0.15, 0.2) is 5.78 Å². The number of carbonyl (C=O) groups excluding carboxylic acids is 1. The van der Waals surface area contributed by atoms with Crippen molar-refractivity contribution in [3.8, 4) is 5.75 Å². The Morgan fingerprint density at radius 3 is 2.81 bits per heavy atom. The Labute approximate surface area is 124 Å². The Morgan fingerprint density at radius 1 is 1.10 bits per heavy atom. The van der Waals surface area contributed by atoms with Crippen molar-refractivity contribution in [3.05, 3.63) is 59.7 Å². The topological polar surface area (TPSA) is 29.5 Å². The number of para-hydroxylation sites is 2. The molecule has 0 saturated heterocycles. The van der Waals surface area contributed by atoms with Crippen LogP contribution < -0.4 is 9.64 Å². The van der Waals surface area contributed by atoms with Gasteiger partial charge in [-0.25, -0.2) is 0 Å². The van der Waals surface area contributed by atoms with Crippen molar-refractivity contribution in [3.63, 3.8) is 0 Å². The summed E-state index contributed by atoms with van der Waals surface area (Å²) in [6.45, 7) is 1.62. The Morgan fingerprint density at radius 2 is 1.90 bits per heavy atom. The third kappa shape index (κ3) is 2.19. The van der Waals surface area contributed by atoms with Crippen molar-refractivity contribution in [2.75, 3.05) is 18.0 Å². The highest BCUT2D eigenvalue weighted by atomic mass is 16.5. The number of carbonyl (C=O) groups is 1. The van der Waals surface area contributed by atoms with Crippen LogP contribution in [0.15, 0.2) is 48.5 Å². The van der Waals surface area contributed by atoms with Gasteiger partial charge in [0, 0.05) is 30.6 Å². The van der Waals surface area contributed by atoms with Gasteiger partial charge >= 0.3 is 0 Å². The van der Waals surface area contributed by atoms with Crippen LogP contribution in [-0.4, -0.2) is 25.0 Å². The van der Waals surface area contributed by atoms with E-state index in [0.29, 0.717) is 6.42 Å². The van der Waals surface area contributed by atoms with E-state index in [9.17, 15) is 4.79 Å². The Balaban J connectivity index is 1.55. The molecule has 4 rings (SSSR count). The molecule has 2 aliphatic heterocycles. The summed E-state index contributed by atoms with van der Waals surface area (Å²) < 4.78 is 6.02. The van der Waals surface area contributed by atoms with Gasteiger partial charge in [-0.2, -0.15) is 0 Å². The monoisotopic (exact) mass is 279 g/mol. The van der Waals surface area contributed by atoms with E-state index in [0.717, 1.165) is 36.5 Å². The lowest BCUT2D eigenvalue weighted by molar-refractivity contribution is 0.0978. The number of ketones is 1. The van der Waals surface area contributed by atoms with Gasteiger partial charge in [-0.1, -0.05) is 30.3 Å². The number of fused-ring (bicyclic) bond motifs is 2. The summed E-state index contributed by atoms with van der Waals surface area (Å²) in [6, 6.07) is 16.1. The molecule has 106 valence electrons. The highest BCUT2D eigenvalue weighted by molar-refractivity contribution is 6.03. The van der Waals surface area contributed by atoms with E-state index in [2.05, 4.69) is 17.0 Å². The van der Waals surface area contributed by atoms with Crippen LogP contribution >= 0.6 is 0 Å². The molecule has 0 aromatic heterocycles. The molecule has 0 saturated carbocycles. The number of hydrogen-bond acceptors (Lipinski definition) is 3. The summed E-state index contributed by atoms with van der Waals surface area (Å²) in [7, 11) is 0. The highest BCUT2D eigenvalue weighted by Crippen LogP contribution is 2.31. The summed E-state index contributed by atoms with van der Waals surface area (Å²) in [5, 5.41) is 0. The van der Waals surface area contributed by atoms with Crippen LogP contribution in [0.2, 0.25) is 0 Å². The van der Waals surface area contributed by atoms with Gasteiger partial charge in [0.2, 0.25) is 0 Å². The molecule has 1 unspecified atom stereocenters. The minimum absolute atomic E-state index is 0.170. The molecule has 0 aliphatic carbocycles. The summed E-state index contributed by atoms with van der Waals surface area (Å²) in [5.74, 6) is 1.25. The van der Waals surface area contributed by atoms with Crippen molar-refractivity contribution in [1.29, 1.82) is 0 Å². The van der Waals surface area contributed by atoms with Crippen molar-refractivity contribution >= 4 is 11.5 Å². The van der Waals surface area contributed by atoms with Crippen LogP contribution in [0.3, 0.4) is 0 Å². The fourth-order valence-corrected chi connectivity index (χ4v) is 3.27. The number of anilines is 1. The maximum atomic E-state index is 12.0. The molecule has 3 heteroatoms.